The minimum Gasteiger partial charge on any atom is -0.454 e. The van der Waals surface area contributed by atoms with Crippen LogP contribution in [-0.2, 0) is 0 Å². The number of amides is 1. The maximum atomic E-state index is 12.6. The van der Waals surface area contributed by atoms with Crippen molar-refractivity contribution in [2.75, 3.05) is 24.5 Å². The number of aromatic nitrogens is 1. The lowest BCUT2D eigenvalue weighted by atomic mass is 9.71. The first-order valence-electron chi connectivity index (χ1n) is 14.4. The van der Waals surface area contributed by atoms with Crippen molar-refractivity contribution >= 4 is 39.7 Å². The van der Waals surface area contributed by atoms with Crippen molar-refractivity contribution in [3.8, 4) is 11.5 Å². The first kappa shape index (κ1) is 27.4. The average molecular weight is 569 g/mol. The molecule has 0 bridgehead atoms. The number of hydrogen-bond donors (Lipinski definition) is 3. The Morgan fingerprint density at radius 3 is 2.76 bits per heavy atom. The highest BCUT2D eigenvalue weighted by Crippen LogP contribution is 2.45. The normalized spacial score (nSPS) is 19.0. The third-order valence-electron chi connectivity index (χ3n) is 8.52. The van der Waals surface area contributed by atoms with Crippen LogP contribution in [0.1, 0.15) is 55.5 Å². The number of benzene rings is 3. The van der Waals surface area contributed by atoms with Crippen molar-refractivity contribution in [1.82, 2.24) is 10.3 Å². The molecule has 2 aliphatic rings. The topological polar surface area (TPSA) is 83.4 Å². The molecule has 4 aromatic rings. The summed E-state index contributed by atoms with van der Waals surface area (Å²) in [7, 11) is 0. The number of nitrogens with two attached hydrogens (primary N) is 1. The maximum Gasteiger partial charge on any atom is 0.252 e. The number of nitrogens with zero attached hydrogens (tertiary/aromatic N) is 1. The molecule has 1 saturated heterocycles. The van der Waals surface area contributed by atoms with Crippen LogP contribution in [0.2, 0.25) is 5.02 Å². The highest BCUT2D eigenvalue weighted by Gasteiger charge is 2.32. The molecule has 1 amide bonds. The van der Waals surface area contributed by atoms with Crippen LogP contribution in [0.5, 0.6) is 11.5 Å². The molecular formula is C34H37ClN4O2. The zero-order chi connectivity index (χ0) is 28.6. The van der Waals surface area contributed by atoms with E-state index in [4.69, 9.17) is 22.1 Å². The average Bonchev–Trinajstić information content (AvgIpc) is 3.43. The Kier molecular flexibility index (Phi) is 7.54. The van der Waals surface area contributed by atoms with Gasteiger partial charge in [0.1, 0.15) is 5.75 Å². The van der Waals surface area contributed by atoms with E-state index >= 15 is 0 Å². The molecule has 1 aliphatic carbocycles. The Balaban J connectivity index is 1.37. The second-order valence-electron chi connectivity index (χ2n) is 12.0. The molecule has 1 aromatic heterocycles. The second-order valence-corrected chi connectivity index (χ2v) is 12.5. The minimum atomic E-state index is -0.501. The van der Waals surface area contributed by atoms with E-state index in [0.29, 0.717) is 17.1 Å². The quantitative estimate of drug-likeness (QED) is 0.215. The van der Waals surface area contributed by atoms with Crippen LogP contribution in [-0.4, -0.2) is 36.6 Å². The van der Waals surface area contributed by atoms with E-state index in [9.17, 15) is 4.79 Å². The molecule has 1 fully saturated rings. The van der Waals surface area contributed by atoms with Crippen molar-refractivity contribution in [2.45, 2.75) is 45.6 Å². The summed E-state index contributed by atoms with van der Waals surface area (Å²) in [5.41, 5.74) is 12.6. The highest BCUT2D eigenvalue weighted by molar-refractivity contribution is 6.30. The largest absolute Gasteiger partial charge is 0.454 e. The van der Waals surface area contributed by atoms with E-state index in [1.165, 1.54) is 16.7 Å². The second kappa shape index (κ2) is 11.3. The van der Waals surface area contributed by atoms with Gasteiger partial charge in [-0.05, 0) is 90.8 Å². The minimum absolute atomic E-state index is 0.194. The Bertz CT molecular complexity index is 1600. The molecule has 6 rings (SSSR count). The molecule has 0 saturated carbocycles. The van der Waals surface area contributed by atoms with Gasteiger partial charge < -0.3 is 25.7 Å². The number of H-pyrrole nitrogens is 1. The number of anilines is 1. The molecule has 0 radical (unpaired) electrons. The van der Waals surface area contributed by atoms with Crippen LogP contribution in [0.4, 0.5) is 5.69 Å². The van der Waals surface area contributed by atoms with E-state index in [-0.39, 0.29) is 11.5 Å². The fraction of sp³-hybridized carbons (Fsp3) is 0.324. The van der Waals surface area contributed by atoms with Crippen molar-refractivity contribution in [1.29, 1.82) is 0 Å². The summed E-state index contributed by atoms with van der Waals surface area (Å²) >= 11 is 6.24. The number of nitrogens with one attached hydrogen (secondary N) is 2. The summed E-state index contributed by atoms with van der Waals surface area (Å²) in [6.45, 7) is 7.21. The molecule has 4 N–H and O–H groups in total. The van der Waals surface area contributed by atoms with Gasteiger partial charge in [-0.1, -0.05) is 49.2 Å². The number of carbonyl (C=O) groups excluding carboxylic acids is 1. The van der Waals surface area contributed by atoms with Gasteiger partial charge in [0, 0.05) is 47.8 Å². The van der Waals surface area contributed by atoms with Gasteiger partial charge in [-0.25, -0.2) is 0 Å². The highest BCUT2D eigenvalue weighted by atomic mass is 35.5. The number of piperazine rings is 1. The van der Waals surface area contributed by atoms with Gasteiger partial charge in [0.2, 0.25) is 0 Å². The van der Waals surface area contributed by atoms with Gasteiger partial charge in [-0.3, -0.25) is 4.79 Å². The first-order valence-corrected chi connectivity index (χ1v) is 14.8. The predicted molar refractivity (Wildman–Crippen MR) is 168 cm³/mol. The molecule has 2 heterocycles. The van der Waals surface area contributed by atoms with Gasteiger partial charge >= 0.3 is 0 Å². The number of fused-ring (bicyclic) bond motifs is 1. The first-order chi connectivity index (χ1) is 19.8. The number of allylic oxidation sites excluding steroid dienone is 1. The Morgan fingerprint density at radius 2 is 1.95 bits per heavy atom. The third-order valence-corrected chi connectivity index (χ3v) is 8.78. The summed E-state index contributed by atoms with van der Waals surface area (Å²) < 4.78 is 6.50. The Labute approximate surface area is 246 Å². The van der Waals surface area contributed by atoms with E-state index in [0.717, 1.165) is 66.9 Å². The van der Waals surface area contributed by atoms with Gasteiger partial charge in [0.05, 0.1) is 11.3 Å². The molecule has 6 nitrogen and oxygen atoms in total. The molecule has 41 heavy (non-hydrogen) atoms. The number of primary amides is 1. The lowest BCUT2D eigenvalue weighted by molar-refractivity contribution is 0.0998. The van der Waals surface area contributed by atoms with Crippen molar-refractivity contribution in [2.24, 2.45) is 11.1 Å². The number of para-hydroxylation sites is 1. The number of aromatic amines is 1. The smallest absolute Gasteiger partial charge is 0.252 e. The lowest BCUT2D eigenvalue weighted by Gasteiger charge is -2.41. The molecule has 1 aliphatic heterocycles. The Morgan fingerprint density at radius 1 is 1.12 bits per heavy atom. The molecule has 1 atom stereocenters. The fourth-order valence-corrected chi connectivity index (χ4v) is 6.45. The molecule has 212 valence electrons. The predicted octanol–water partition coefficient (Wildman–Crippen LogP) is 7.54. The zero-order valence-corrected chi connectivity index (χ0v) is 24.4. The van der Waals surface area contributed by atoms with Crippen LogP contribution >= 0.6 is 11.6 Å². The monoisotopic (exact) mass is 568 g/mol. The number of ether oxygens (including phenoxy) is 1. The van der Waals surface area contributed by atoms with Gasteiger partial charge in [0.25, 0.3) is 5.91 Å². The van der Waals surface area contributed by atoms with Gasteiger partial charge in [0.15, 0.2) is 5.75 Å². The Hall–Kier alpha value is -3.74. The molecule has 3 aromatic carbocycles. The molecule has 0 spiro atoms. The van der Waals surface area contributed by atoms with Crippen molar-refractivity contribution in [3.05, 3.63) is 94.6 Å². The summed E-state index contributed by atoms with van der Waals surface area (Å²) in [6, 6.07) is 22.1. The van der Waals surface area contributed by atoms with Gasteiger partial charge in [-0.15, -0.1) is 0 Å². The van der Waals surface area contributed by atoms with Crippen LogP contribution in [0.3, 0.4) is 0 Å². The number of hydrogen-bond acceptors (Lipinski definition) is 4. The van der Waals surface area contributed by atoms with E-state index in [1.807, 2.05) is 54.7 Å². The standard InChI is InChI=1S/C34H37ClN4O2/c1-34(2)14-12-23(29(20-34)22-6-8-25(35)9-7-22)18-26-21-37-16-17-39(26)31-5-3-4-28(33(36)40)32(31)41-27-10-11-30-24(19-27)13-15-38-30/h3-11,13,15,19,26,37-38H,12,14,16-18,20-21H2,1-2H3,(H2,36,40). The van der Waals surface area contributed by atoms with Crippen molar-refractivity contribution in [3.63, 3.8) is 0 Å². The fourth-order valence-electron chi connectivity index (χ4n) is 6.32. The summed E-state index contributed by atoms with van der Waals surface area (Å²) in [5, 5.41) is 5.41. The summed E-state index contributed by atoms with van der Waals surface area (Å²) in [6.07, 6.45) is 6.10. The number of rotatable bonds is 7. The zero-order valence-electron chi connectivity index (χ0n) is 23.7. The van der Waals surface area contributed by atoms with Crippen molar-refractivity contribution < 1.29 is 9.53 Å². The van der Waals surface area contributed by atoms with Crippen LogP contribution in [0.15, 0.2) is 78.5 Å². The van der Waals surface area contributed by atoms with E-state index < -0.39 is 5.91 Å². The van der Waals surface area contributed by atoms with E-state index in [1.54, 1.807) is 6.07 Å². The van der Waals surface area contributed by atoms with Crippen LogP contribution < -0.4 is 20.7 Å². The van der Waals surface area contributed by atoms with Crippen LogP contribution in [0, 0.1) is 5.41 Å². The number of carbonyl (C=O) groups is 1. The maximum absolute atomic E-state index is 12.6. The number of halogens is 1. The van der Waals surface area contributed by atoms with E-state index in [2.05, 4.69) is 41.2 Å². The molecule has 7 heteroatoms. The van der Waals surface area contributed by atoms with Crippen LogP contribution in [0.25, 0.3) is 16.5 Å². The SMILES string of the molecule is CC1(C)CCC(CC2CNCCN2c2cccc(C(N)=O)c2Oc2ccc3[nH]ccc3c2)=C(c2ccc(Cl)cc2)C1. The molecule has 1 unspecified atom stereocenters. The third kappa shape index (κ3) is 5.85. The van der Waals surface area contributed by atoms with Gasteiger partial charge in [-0.2, -0.15) is 0 Å². The summed E-state index contributed by atoms with van der Waals surface area (Å²) in [4.78, 5) is 18.2. The summed E-state index contributed by atoms with van der Waals surface area (Å²) in [5.74, 6) is 0.679. The lowest BCUT2D eigenvalue weighted by Crippen LogP contribution is -2.52. The molecular weight excluding hydrogens is 532 g/mol.